The molecule has 4 aliphatic rings. The minimum absolute atomic E-state index is 0.391. The van der Waals surface area contributed by atoms with Crippen molar-refractivity contribution in [1.82, 2.24) is 0 Å². The normalized spacial score (nSPS) is 30.6. The van der Waals surface area contributed by atoms with Gasteiger partial charge in [0.15, 0.2) is 0 Å². The largest absolute Gasteiger partial charge is 0.0989 e. The molecule has 2 aromatic rings. The van der Waals surface area contributed by atoms with Crippen LogP contribution in [-0.2, 0) is 12.8 Å². The summed E-state index contributed by atoms with van der Waals surface area (Å²) in [5.74, 6) is 3.57. The summed E-state index contributed by atoms with van der Waals surface area (Å²) >= 11 is 0. The summed E-state index contributed by atoms with van der Waals surface area (Å²) in [5, 5.41) is 0. The quantitative estimate of drug-likeness (QED) is 0.401. The van der Waals surface area contributed by atoms with Gasteiger partial charge in [0.05, 0.1) is 0 Å². The summed E-state index contributed by atoms with van der Waals surface area (Å²) in [7, 11) is 0. The lowest BCUT2D eigenvalue weighted by Gasteiger charge is -2.34. The van der Waals surface area contributed by atoms with Gasteiger partial charge in [0.25, 0.3) is 0 Å². The molecule has 0 bridgehead atoms. The minimum atomic E-state index is 0.391. The number of fused-ring (bicyclic) bond motifs is 2. The SMILES string of the molecule is C=C1C(CC2=Cc3cccc(-c4cc(C)cc(C)c4CC4CC(C)C4)c3C2)C(=C)C2C1C2(C)C. The van der Waals surface area contributed by atoms with Crippen molar-refractivity contribution in [3.63, 3.8) is 0 Å². The van der Waals surface area contributed by atoms with Crippen molar-refractivity contribution in [2.24, 2.45) is 35.0 Å². The molecule has 0 heteroatoms. The van der Waals surface area contributed by atoms with Crippen LogP contribution in [0, 0.1) is 48.9 Å². The van der Waals surface area contributed by atoms with Gasteiger partial charge in [-0.2, -0.15) is 0 Å². The zero-order valence-corrected chi connectivity index (χ0v) is 21.8. The summed E-state index contributed by atoms with van der Waals surface area (Å²) < 4.78 is 0. The Hall–Kier alpha value is -2.34. The highest BCUT2D eigenvalue weighted by Crippen LogP contribution is 2.72. The fourth-order valence-electron chi connectivity index (χ4n) is 8.07. The molecule has 0 heterocycles. The maximum atomic E-state index is 4.55. The molecule has 4 aliphatic carbocycles. The van der Waals surface area contributed by atoms with E-state index in [2.05, 4.69) is 84.2 Å². The molecule has 0 amide bonds. The summed E-state index contributed by atoms with van der Waals surface area (Å²) in [6.45, 7) is 20.8. The predicted molar refractivity (Wildman–Crippen MR) is 146 cm³/mol. The summed E-state index contributed by atoms with van der Waals surface area (Å²) in [4.78, 5) is 0. The molecule has 0 saturated heterocycles. The molecule has 34 heavy (non-hydrogen) atoms. The maximum absolute atomic E-state index is 4.55. The lowest BCUT2D eigenvalue weighted by atomic mass is 9.71. The second-order valence-corrected chi connectivity index (χ2v) is 12.8. The second-order valence-electron chi connectivity index (χ2n) is 12.8. The first kappa shape index (κ1) is 22.1. The van der Waals surface area contributed by atoms with Crippen LogP contribution < -0.4 is 0 Å². The van der Waals surface area contributed by atoms with Gasteiger partial charge in [0.2, 0.25) is 0 Å². The van der Waals surface area contributed by atoms with Gasteiger partial charge in [-0.05, 0) is 108 Å². The van der Waals surface area contributed by atoms with Crippen LogP contribution in [0.15, 0.2) is 60.2 Å². The zero-order valence-electron chi connectivity index (χ0n) is 21.8. The molecule has 2 atom stereocenters. The van der Waals surface area contributed by atoms with E-state index in [-0.39, 0.29) is 0 Å². The third kappa shape index (κ3) is 3.32. The van der Waals surface area contributed by atoms with E-state index in [4.69, 9.17) is 0 Å². The van der Waals surface area contributed by atoms with Crippen molar-refractivity contribution >= 4 is 6.08 Å². The molecule has 3 saturated carbocycles. The Balaban J connectivity index is 1.28. The standard InChI is InChI=1S/C34H40/c1-19-11-21(3)28(16-24-12-20(2)13-24)31(14-19)27-10-8-9-26-15-25(18-30(26)27)17-29-22(4)32-33(23(29)5)34(32,6)7/h8-11,14-15,20,24,29,32-33H,4-5,12-13,16-18H2,1-3,6-7H3. The van der Waals surface area contributed by atoms with Gasteiger partial charge in [0, 0.05) is 5.92 Å². The fraction of sp³-hybridized carbons (Fsp3) is 0.471. The Bertz CT molecular complexity index is 1220. The molecule has 0 spiro atoms. The van der Waals surface area contributed by atoms with Gasteiger partial charge in [0.1, 0.15) is 0 Å². The molecule has 2 unspecified atom stereocenters. The van der Waals surface area contributed by atoms with Crippen molar-refractivity contribution < 1.29 is 0 Å². The molecule has 0 nitrogen and oxygen atoms in total. The first-order chi connectivity index (χ1) is 16.1. The predicted octanol–water partition coefficient (Wildman–Crippen LogP) is 8.90. The van der Waals surface area contributed by atoms with Crippen LogP contribution in [-0.4, -0.2) is 0 Å². The van der Waals surface area contributed by atoms with Gasteiger partial charge >= 0.3 is 0 Å². The number of rotatable bonds is 5. The molecule has 3 fully saturated rings. The molecule has 176 valence electrons. The number of aryl methyl sites for hydroxylation is 2. The van der Waals surface area contributed by atoms with Crippen LogP contribution in [0.4, 0.5) is 0 Å². The van der Waals surface area contributed by atoms with Crippen LogP contribution in [0.25, 0.3) is 17.2 Å². The molecule has 6 rings (SSSR count). The average Bonchev–Trinajstić information content (AvgIpc) is 3.01. The summed E-state index contributed by atoms with van der Waals surface area (Å²) in [5.41, 5.74) is 15.2. The Kier molecular flexibility index (Phi) is 4.94. The molecule has 0 radical (unpaired) electrons. The van der Waals surface area contributed by atoms with E-state index in [1.807, 2.05) is 0 Å². The maximum Gasteiger partial charge on any atom is 0.00454 e. The van der Waals surface area contributed by atoms with Crippen molar-refractivity contribution in [1.29, 1.82) is 0 Å². The van der Waals surface area contributed by atoms with Gasteiger partial charge in [-0.15, -0.1) is 0 Å². The molecular formula is C34H40. The van der Waals surface area contributed by atoms with Gasteiger partial charge in [-0.25, -0.2) is 0 Å². The van der Waals surface area contributed by atoms with E-state index >= 15 is 0 Å². The lowest BCUT2D eigenvalue weighted by molar-refractivity contribution is 0.211. The van der Waals surface area contributed by atoms with Crippen LogP contribution in [0.3, 0.4) is 0 Å². The van der Waals surface area contributed by atoms with Crippen LogP contribution in [0.5, 0.6) is 0 Å². The van der Waals surface area contributed by atoms with Crippen molar-refractivity contribution in [3.05, 3.63) is 88.0 Å². The summed E-state index contributed by atoms with van der Waals surface area (Å²) in [6, 6.07) is 11.8. The van der Waals surface area contributed by atoms with E-state index in [0.29, 0.717) is 23.2 Å². The van der Waals surface area contributed by atoms with Gasteiger partial charge in [-0.3, -0.25) is 0 Å². The van der Waals surface area contributed by atoms with Crippen molar-refractivity contribution in [3.8, 4) is 11.1 Å². The number of allylic oxidation sites excluding steroid dienone is 3. The smallest absolute Gasteiger partial charge is 0.00454 e. The van der Waals surface area contributed by atoms with Gasteiger partial charge in [-0.1, -0.05) is 92.6 Å². The number of hydrogen-bond acceptors (Lipinski definition) is 0. The Morgan fingerprint density at radius 2 is 1.65 bits per heavy atom. The first-order valence-electron chi connectivity index (χ1n) is 13.4. The average molecular weight is 449 g/mol. The molecule has 0 aromatic heterocycles. The fourth-order valence-corrected chi connectivity index (χ4v) is 8.07. The van der Waals surface area contributed by atoms with Crippen molar-refractivity contribution in [2.75, 3.05) is 0 Å². The second kappa shape index (κ2) is 7.58. The highest BCUT2D eigenvalue weighted by atomic mass is 14.7. The zero-order chi connectivity index (χ0) is 23.9. The van der Waals surface area contributed by atoms with Crippen LogP contribution in [0.2, 0.25) is 0 Å². The highest BCUT2D eigenvalue weighted by molar-refractivity contribution is 5.80. The van der Waals surface area contributed by atoms with E-state index in [1.165, 1.54) is 63.8 Å². The first-order valence-corrected chi connectivity index (χ1v) is 13.4. The Labute approximate surface area is 206 Å². The molecule has 0 N–H and O–H groups in total. The van der Waals surface area contributed by atoms with E-state index in [9.17, 15) is 0 Å². The lowest BCUT2D eigenvalue weighted by Crippen LogP contribution is -2.23. The molecular weight excluding hydrogens is 408 g/mol. The van der Waals surface area contributed by atoms with Crippen LogP contribution in [0.1, 0.15) is 67.9 Å². The Morgan fingerprint density at radius 3 is 2.32 bits per heavy atom. The summed E-state index contributed by atoms with van der Waals surface area (Å²) in [6.07, 6.45) is 8.67. The number of benzene rings is 2. The van der Waals surface area contributed by atoms with Gasteiger partial charge < -0.3 is 0 Å². The Morgan fingerprint density at radius 1 is 0.941 bits per heavy atom. The highest BCUT2D eigenvalue weighted by Gasteiger charge is 2.65. The molecule has 2 aromatic carbocycles. The van der Waals surface area contributed by atoms with Crippen molar-refractivity contribution in [2.45, 2.75) is 66.7 Å². The minimum Gasteiger partial charge on any atom is -0.0989 e. The molecule has 0 aliphatic heterocycles. The third-order valence-corrected chi connectivity index (χ3v) is 9.84. The third-order valence-electron chi connectivity index (χ3n) is 9.84. The number of hydrogen-bond donors (Lipinski definition) is 0. The van der Waals surface area contributed by atoms with E-state index < -0.39 is 0 Å². The van der Waals surface area contributed by atoms with E-state index in [1.54, 1.807) is 11.1 Å². The topological polar surface area (TPSA) is 0 Å². The monoisotopic (exact) mass is 448 g/mol. The van der Waals surface area contributed by atoms with Crippen LogP contribution >= 0.6 is 0 Å². The van der Waals surface area contributed by atoms with E-state index in [0.717, 1.165) is 24.7 Å².